The summed E-state index contributed by atoms with van der Waals surface area (Å²) in [6.07, 6.45) is 5.13. The van der Waals surface area contributed by atoms with Gasteiger partial charge in [-0.15, -0.1) is 0 Å². The fraction of sp³-hybridized carbons (Fsp3) is 0.765. The van der Waals surface area contributed by atoms with Gasteiger partial charge in [-0.3, -0.25) is 9.48 Å². The monoisotopic (exact) mass is 368 g/mol. The summed E-state index contributed by atoms with van der Waals surface area (Å²) in [5.41, 5.74) is -0.259. The molecule has 0 N–H and O–H groups in total. The number of sulfonamides is 1. The highest BCUT2D eigenvalue weighted by Crippen LogP contribution is 2.42. The fourth-order valence-electron chi connectivity index (χ4n) is 4.34. The number of hydrogen-bond acceptors (Lipinski definition) is 4. The van der Waals surface area contributed by atoms with Gasteiger partial charge in [0.15, 0.2) is 0 Å². The van der Waals surface area contributed by atoms with Gasteiger partial charge < -0.3 is 4.90 Å². The van der Waals surface area contributed by atoms with E-state index in [4.69, 9.17) is 0 Å². The Morgan fingerprint density at radius 2 is 1.88 bits per heavy atom. The summed E-state index contributed by atoms with van der Waals surface area (Å²) in [4.78, 5) is 15.3. The van der Waals surface area contributed by atoms with Gasteiger partial charge in [0.25, 0.3) is 0 Å². The maximum Gasteiger partial charge on any atom is 0.247 e. The average Bonchev–Trinajstić information content (AvgIpc) is 3.17. The Morgan fingerprint density at radius 1 is 1.20 bits per heavy atom. The number of likely N-dealkylation sites (tertiary alicyclic amines) is 1. The molecular weight excluding hydrogens is 340 g/mol. The van der Waals surface area contributed by atoms with Crippen molar-refractivity contribution in [3.63, 3.8) is 0 Å². The van der Waals surface area contributed by atoms with E-state index in [0.717, 1.165) is 25.8 Å². The van der Waals surface area contributed by atoms with Crippen molar-refractivity contribution in [1.29, 1.82) is 0 Å². The number of amides is 1. The van der Waals surface area contributed by atoms with Crippen LogP contribution >= 0.6 is 0 Å². The molecule has 2 fully saturated rings. The molecule has 1 aromatic heterocycles. The van der Waals surface area contributed by atoms with Crippen LogP contribution in [0.3, 0.4) is 0 Å². The first kappa shape index (κ1) is 18.4. The Bertz CT molecular complexity index is 756. The highest BCUT2D eigenvalue weighted by molar-refractivity contribution is 7.89. The van der Waals surface area contributed by atoms with Gasteiger partial charge in [-0.25, -0.2) is 8.42 Å². The molecule has 3 rings (SSSR count). The van der Waals surface area contributed by atoms with E-state index in [0.29, 0.717) is 38.2 Å². The molecule has 25 heavy (non-hydrogen) atoms. The zero-order valence-corrected chi connectivity index (χ0v) is 16.2. The maximum absolute atomic E-state index is 13.4. The summed E-state index contributed by atoms with van der Waals surface area (Å²) >= 11 is 0. The van der Waals surface area contributed by atoms with Gasteiger partial charge in [-0.1, -0.05) is 6.92 Å². The highest BCUT2D eigenvalue weighted by atomic mass is 32.2. The van der Waals surface area contributed by atoms with E-state index in [1.807, 2.05) is 18.7 Å². The minimum Gasteiger partial charge on any atom is -0.341 e. The third-order valence-corrected chi connectivity index (χ3v) is 7.62. The highest BCUT2D eigenvalue weighted by Gasteiger charge is 2.55. The van der Waals surface area contributed by atoms with Crippen LogP contribution in [-0.4, -0.2) is 58.5 Å². The Hall–Kier alpha value is -1.41. The third kappa shape index (κ3) is 2.79. The van der Waals surface area contributed by atoms with Crippen molar-refractivity contribution < 1.29 is 13.2 Å². The van der Waals surface area contributed by atoms with Crippen LogP contribution in [0.5, 0.6) is 0 Å². The molecule has 8 heteroatoms. The molecule has 1 atom stereocenters. The minimum absolute atomic E-state index is 0.0118. The van der Waals surface area contributed by atoms with Crippen LogP contribution in [0.1, 0.15) is 51.6 Å². The lowest BCUT2D eigenvalue weighted by Crippen LogP contribution is -2.61. The molecule has 2 aliphatic heterocycles. The summed E-state index contributed by atoms with van der Waals surface area (Å²) < 4.78 is 29.9. The molecule has 140 valence electrons. The lowest BCUT2D eigenvalue weighted by atomic mass is 9.86. The number of piperidine rings is 1. The molecule has 1 spiro atoms. The van der Waals surface area contributed by atoms with E-state index in [2.05, 4.69) is 5.10 Å². The zero-order valence-electron chi connectivity index (χ0n) is 15.4. The van der Waals surface area contributed by atoms with Crippen LogP contribution in [0.4, 0.5) is 0 Å². The van der Waals surface area contributed by atoms with Crippen molar-refractivity contribution in [2.45, 2.75) is 69.9 Å². The van der Waals surface area contributed by atoms with Crippen LogP contribution in [-0.2, 0) is 21.4 Å². The van der Waals surface area contributed by atoms with Crippen LogP contribution in [0.2, 0.25) is 0 Å². The Balaban J connectivity index is 2.00. The molecule has 3 heterocycles. The van der Waals surface area contributed by atoms with Gasteiger partial charge in [0, 0.05) is 26.2 Å². The van der Waals surface area contributed by atoms with E-state index >= 15 is 0 Å². The minimum atomic E-state index is -3.74. The number of carbonyl (C=O) groups is 1. The zero-order chi connectivity index (χ0) is 18.2. The molecule has 0 bridgehead atoms. The molecule has 2 aliphatic rings. The largest absolute Gasteiger partial charge is 0.341 e. The molecule has 1 aromatic rings. The quantitative estimate of drug-likeness (QED) is 0.794. The predicted octanol–water partition coefficient (Wildman–Crippen LogP) is 1.77. The lowest BCUT2D eigenvalue weighted by Gasteiger charge is -2.43. The second-order valence-corrected chi connectivity index (χ2v) is 8.85. The Morgan fingerprint density at radius 3 is 2.48 bits per heavy atom. The van der Waals surface area contributed by atoms with Crippen LogP contribution < -0.4 is 0 Å². The standard InChI is InChI=1S/C17H28N4O3S/c1-4-10-19-11-6-8-17(16(19)22)9-7-12-21(17)25(23,24)15-13-18-20(5-2)14(15)3/h13H,4-12H2,1-3H3. The number of rotatable bonds is 5. The van der Waals surface area contributed by atoms with Gasteiger partial charge in [0.05, 0.1) is 11.9 Å². The van der Waals surface area contributed by atoms with Crippen molar-refractivity contribution in [3.8, 4) is 0 Å². The molecule has 0 aromatic carbocycles. The van der Waals surface area contributed by atoms with Crippen molar-refractivity contribution in [1.82, 2.24) is 19.0 Å². The van der Waals surface area contributed by atoms with E-state index in [9.17, 15) is 13.2 Å². The number of nitrogens with zero attached hydrogens (tertiary/aromatic N) is 4. The average molecular weight is 369 g/mol. The fourth-order valence-corrected chi connectivity index (χ4v) is 6.32. The first-order valence-electron chi connectivity index (χ1n) is 9.23. The van der Waals surface area contributed by atoms with Crippen LogP contribution in [0.25, 0.3) is 0 Å². The molecule has 1 unspecified atom stereocenters. The van der Waals surface area contributed by atoms with Gasteiger partial charge in [-0.05, 0) is 46.0 Å². The lowest BCUT2D eigenvalue weighted by molar-refractivity contribution is -0.144. The molecular formula is C17H28N4O3S. The summed E-state index contributed by atoms with van der Waals surface area (Å²) in [5.74, 6) is -0.0118. The summed E-state index contributed by atoms with van der Waals surface area (Å²) in [6, 6.07) is 0. The van der Waals surface area contributed by atoms with Crippen molar-refractivity contribution in [3.05, 3.63) is 11.9 Å². The van der Waals surface area contributed by atoms with Crippen molar-refractivity contribution >= 4 is 15.9 Å². The van der Waals surface area contributed by atoms with Gasteiger partial charge in [0.2, 0.25) is 15.9 Å². The molecule has 0 saturated carbocycles. The van der Waals surface area contributed by atoms with Crippen molar-refractivity contribution in [2.75, 3.05) is 19.6 Å². The van der Waals surface area contributed by atoms with E-state index < -0.39 is 15.6 Å². The SMILES string of the molecule is CCCN1CCCC2(CCCN2S(=O)(=O)c2cnn(CC)c2C)C1=O. The first-order chi connectivity index (χ1) is 11.9. The van der Waals surface area contributed by atoms with Gasteiger partial charge in [-0.2, -0.15) is 9.40 Å². The van der Waals surface area contributed by atoms with Gasteiger partial charge in [0.1, 0.15) is 10.4 Å². The molecule has 1 amide bonds. The Kier molecular flexibility index (Phi) is 4.94. The summed E-state index contributed by atoms with van der Waals surface area (Å²) in [5, 5.41) is 4.18. The van der Waals surface area contributed by atoms with E-state index in [1.54, 1.807) is 11.6 Å². The predicted molar refractivity (Wildman–Crippen MR) is 94.6 cm³/mol. The second-order valence-electron chi connectivity index (χ2n) is 7.02. The summed E-state index contributed by atoms with van der Waals surface area (Å²) in [7, 11) is -3.74. The van der Waals surface area contributed by atoms with Crippen LogP contribution in [0, 0.1) is 6.92 Å². The molecule has 7 nitrogen and oxygen atoms in total. The number of hydrogen-bond donors (Lipinski definition) is 0. The second kappa shape index (κ2) is 6.72. The first-order valence-corrected chi connectivity index (χ1v) is 10.7. The maximum atomic E-state index is 13.4. The van der Waals surface area contributed by atoms with E-state index in [-0.39, 0.29) is 10.8 Å². The Labute approximate surface area is 150 Å². The molecule has 0 radical (unpaired) electrons. The topological polar surface area (TPSA) is 75.5 Å². The van der Waals surface area contributed by atoms with E-state index in [1.165, 1.54) is 10.5 Å². The molecule has 2 saturated heterocycles. The number of aryl methyl sites for hydroxylation is 1. The number of carbonyl (C=O) groups excluding carboxylic acids is 1. The normalized spacial score (nSPS) is 25.2. The van der Waals surface area contributed by atoms with Gasteiger partial charge >= 0.3 is 0 Å². The number of aromatic nitrogens is 2. The van der Waals surface area contributed by atoms with Crippen LogP contribution in [0.15, 0.2) is 11.1 Å². The third-order valence-electron chi connectivity index (χ3n) is 5.55. The van der Waals surface area contributed by atoms with Crippen molar-refractivity contribution in [2.24, 2.45) is 0 Å². The smallest absolute Gasteiger partial charge is 0.247 e. The molecule has 0 aliphatic carbocycles. The summed E-state index contributed by atoms with van der Waals surface area (Å²) in [6.45, 7) is 8.20.